The topological polar surface area (TPSA) is 52.4 Å². The van der Waals surface area contributed by atoms with Crippen molar-refractivity contribution in [2.75, 3.05) is 0 Å². The molecule has 1 rings (SSSR count). The summed E-state index contributed by atoms with van der Waals surface area (Å²) in [6.45, 7) is 0. The maximum atomic E-state index is 11.9. The van der Waals surface area contributed by atoms with E-state index in [1.807, 2.05) is 0 Å². The second kappa shape index (κ2) is 3.97. The van der Waals surface area contributed by atoms with Gasteiger partial charge in [0.1, 0.15) is 0 Å². The molecule has 0 atom stereocenters. The smallest absolute Gasteiger partial charge is 0.397 e. The minimum absolute atomic E-state index is 0.249. The van der Waals surface area contributed by atoms with Crippen molar-refractivity contribution >= 4 is 18.3 Å². The van der Waals surface area contributed by atoms with Crippen molar-refractivity contribution in [1.82, 2.24) is 0 Å². The summed E-state index contributed by atoms with van der Waals surface area (Å²) < 4.78 is 39.2. The molecule has 0 heterocycles. The molecule has 0 bridgehead atoms. The molecule has 0 aliphatic rings. The molecule has 1 aromatic carbocycles. The minimum atomic E-state index is -4.98. The van der Waals surface area contributed by atoms with Crippen molar-refractivity contribution in [2.45, 2.75) is 11.3 Å². The maximum absolute atomic E-state index is 11.9. The van der Waals surface area contributed by atoms with Crippen LogP contribution >= 0.6 is 12.6 Å². The Kier molecular flexibility index (Phi) is 3.08. The molecule has 0 radical (unpaired) electrons. The Morgan fingerprint density at radius 3 is 2.47 bits per heavy atom. The van der Waals surface area contributed by atoms with Crippen molar-refractivity contribution in [3.63, 3.8) is 0 Å². The second-order valence-corrected chi connectivity index (χ2v) is 2.91. The Balaban J connectivity index is 3.19. The van der Waals surface area contributed by atoms with E-state index in [0.717, 1.165) is 12.1 Å². The highest BCUT2D eigenvalue weighted by molar-refractivity contribution is 7.80. The van der Waals surface area contributed by atoms with Gasteiger partial charge in [-0.05, 0) is 6.07 Å². The number of benzene rings is 1. The predicted molar refractivity (Wildman–Crippen MR) is 47.0 cm³/mol. The molecule has 0 unspecified atom stereocenters. The normalized spacial score (nSPS) is 11.2. The van der Waals surface area contributed by atoms with Gasteiger partial charge in [-0.2, -0.15) is 0 Å². The lowest BCUT2D eigenvalue weighted by atomic mass is 10.3. The first-order chi connectivity index (χ1) is 6.81. The van der Waals surface area contributed by atoms with Crippen LogP contribution in [0, 0.1) is 10.1 Å². The van der Waals surface area contributed by atoms with Crippen LogP contribution in [0.25, 0.3) is 0 Å². The van der Waals surface area contributed by atoms with E-state index in [2.05, 4.69) is 17.4 Å². The zero-order valence-corrected chi connectivity index (χ0v) is 7.88. The summed E-state index contributed by atoms with van der Waals surface area (Å²) in [5.41, 5.74) is -0.778. The number of para-hydroxylation sites is 1. The molecule has 0 aliphatic heterocycles. The number of halogens is 3. The lowest BCUT2D eigenvalue weighted by molar-refractivity contribution is -0.389. The number of hydrogen-bond donors (Lipinski definition) is 1. The highest BCUT2D eigenvalue weighted by Gasteiger charge is 2.35. The molecule has 0 amide bonds. The summed E-state index contributed by atoms with van der Waals surface area (Å²) in [5, 5.41) is 10.4. The minimum Gasteiger partial charge on any atom is -0.397 e. The highest BCUT2D eigenvalue weighted by Crippen LogP contribution is 2.36. The summed E-state index contributed by atoms with van der Waals surface area (Å²) in [6.07, 6.45) is -4.98. The number of hydrogen-bond acceptors (Lipinski definition) is 4. The Hall–Kier alpha value is -1.44. The number of thiol groups is 1. The third-order valence-electron chi connectivity index (χ3n) is 1.39. The molecule has 0 saturated carbocycles. The molecule has 1 aromatic rings. The van der Waals surface area contributed by atoms with E-state index in [1.165, 1.54) is 6.07 Å². The van der Waals surface area contributed by atoms with Crippen LogP contribution in [0.2, 0.25) is 0 Å². The molecule has 0 aliphatic carbocycles. The predicted octanol–water partition coefficient (Wildman–Crippen LogP) is 2.78. The second-order valence-electron chi connectivity index (χ2n) is 2.43. The van der Waals surface area contributed by atoms with Crippen LogP contribution in [-0.4, -0.2) is 11.3 Å². The summed E-state index contributed by atoms with van der Waals surface area (Å²) in [7, 11) is 0. The maximum Gasteiger partial charge on any atom is 0.573 e. The van der Waals surface area contributed by atoms with Gasteiger partial charge in [0.25, 0.3) is 0 Å². The summed E-state index contributed by atoms with van der Waals surface area (Å²) in [4.78, 5) is 9.16. The van der Waals surface area contributed by atoms with Gasteiger partial charge in [-0.25, -0.2) is 0 Å². The molecule has 0 saturated heterocycles. The molecule has 82 valence electrons. The first-order valence-electron chi connectivity index (χ1n) is 3.53. The lowest BCUT2D eigenvalue weighted by Crippen LogP contribution is -2.18. The summed E-state index contributed by atoms with van der Waals surface area (Å²) >= 11 is 3.64. The Morgan fingerprint density at radius 2 is 2.00 bits per heavy atom. The molecule has 0 fully saturated rings. The summed E-state index contributed by atoms with van der Waals surface area (Å²) in [6, 6.07) is 3.28. The van der Waals surface area contributed by atoms with Crippen LogP contribution in [0.1, 0.15) is 0 Å². The third-order valence-corrected chi connectivity index (χ3v) is 1.74. The molecule has 0 spiro atoms. The third kappa shape index (κ3) is 3.01. The van der Waals surface area contributed by atoms with Crippen molar-refractivity contribution in [3.05, 3.63) is 28.3 Å². The van der Waals surface area contributed by atoms with Crippen LogP contribution in [0.5, 0.6) is 5.75 Å². The summed E-state index contributed by atoms with van der Waals surface area (Å²) in [5.74, 6) is -0.904. The average Bonchev–Trinajstić information content (AvgIpc) is 2.05. The van der Waals surface area contributed by atoms with E-state index in [0.29, 0.717) is 0 Å². The van der Waals surface area contributed by atoms with Crippen molar-refractivity contribution in [3.8, 4) is 5.75 Å². The number of rotatable bonds is 2. The van der Waals surface area contributed by atoms with E-state index in [-0.39, 0.29) is 4.90 Å². The van der Waals surface area contributed by atoms with Crippen molar-refractivity contribution in [2.24, 2.45) is 0 Å². The first-order valence-corrected chi connectivity index (χ1v) is 3.98. The van der Waals surface area contributed by atoms with E-state index >= 15 is 0 Å². The van der Waals surface area contributed by atoms with Gasteiger partial charge < -0.3 is 4.74 Å². The monoisotopic (exact) mass is 239 g/mol. The Labute approximate surface area is 87.2 Å². The number of nitro benzene ring substituents is 1. The van der Waals surface area contributed by atoms with Gasteiger partial charge in [0.2, 0.25) is 5.75 Å². The van der Waals surface area contributed by atoms with Gasteiger partial charge >= 0.3 is 12.0 Å². The van der Waals surface area contributed by atoms with Gasteiger partial charge in [0.05, 0.1) is 9.82 Å². The number of nitrogens with zero attached hydrogens (tertiary/aromatic N) is 1. The molecule has 8 heteroatoms. The van der Waals surface area contributed by atoms with Crippen molar-refractivity contribution in [1.29, 1.82) is 0 Å². The molecular formula is C7H4F3NO3S. The molecule has 15 heavy (non-hydrogen) atoms. The SMILES string of the molecule is O=[N+]([O-])c1cccc(S)c1OC(F)(F)F. The van der Waals surface area contributed by atoms with E-state index < -0.39 is 22.7 Å². The fourth-order valence-corrected chi connectivity index (χ4v) is 1.12. The number of nitro groups is 1. The van der Waals surface area contributed by atoms with Gasteiger partial charge in [-0.15, -0.1) is 25.8 Å². The fourth-order valence-electron chi connectivity index (χ4n) is 0.877. The zero-order valence-electron chi connectivity index (χ0n) is 6.99. The van der Waals surface area contributed by atoms with Gasteiger partial charge in [0, 0.05) is 6.07 Å². The van der Waals surface area contributed by atoms with E-state index in [4.69, 9.17) is 0 Å². The molecule has 4 nitrogen and oxygen atoms in total. The number of ether oxygens (including phenoxy) is 1. The standard InChI is InChI=1S/C7H4F3NO3S/c8-7(9,10)14-6-4(11(12)13)2-1-3-5(6)15/h1-3,15H. The van der Waals surface area contributed by atoms with Crippen LogP contribution in [0.15, 0.2) is 23.1 Å². The van der Waals surface area contributed by atoms with Crippen LogP contribution in [-0.2, 0) is 0 Å². The molecule has 0 aromatic heterocycles. The zero-order chi connectivity index (χ0) is 11.6. The van der Waals surface area contributed by atoms with Crippen LogP contribution < -0.4 is 4.74 Å². The Morgan fingerprint density at radius 1 is 1.40 bits per heavy atom. The van der Waals surface area contributed by atoms with Crippen LogP contribution in [0.3, 0.4) is 0 Å². The average molecular weight is 239 g/mol. The fraction of sp³-hybridized carbons (Fsp3) is 0.143. The molecule has 0 N–H and O–H groups in total. The largest absolute Gasteiger partial charge is 0.573 e. The van der Waals surface area contributed by atoms with Gasteiger partial charge in [-0.3, -0.25) is 10.1 Å². The first kappa shape index (κ1) is 11.6. The van der Waals surface area contributed by atoms with Gasteiger partial charge in [-0.1, -0.05) is 6.07 Å². The van der Waals surface area contributed by atoms with E-state index in [9.17, 15) is 23.3 Å². The quantitative estimate of drug-likeness (QED) is 0.490. The lowest BCUT2D eigenvalue weighted by Gasteiger charge is -2.10. The molecular weight excluding hydrogens is 235 g/mol. The number of alkyl halides is 3. The van der Waals surface area contributed by atoms with Crippen LogP contribution in [0.4, 0.5) is 18.9 Å². The van der Waals surface area contributed by atoms with Crippen molar-refractivity contribution < 1.29 is 22.8 Å². The van der Waals surface area contributed by atoms with Gasteiger partial charge in [0.15, 0.2) is 0 Å². The Bertz CT molecular complexity index is 394. The van der Waals surface area contributed by atoms with E-state index in [1.54, 1.807) is 0 Å². The highest BCUT2D eigenvalue weighted by atomic mass is 32.1.